The van der Waals surface area contributed by atoms with Gasteiger partial charge < -0.3 is 9.88 Å². The van der Waals surface area contributed by atoms with Crippen LogP contribution in [0.1, 0.15) is 20.8 Å². The number of hydrogen-bond donors (Lipinski definition) is 1. The molecule has 140 valence electrons. The van der Waals surface area contributed by atoms with E-state index < -0.39 is 0 Å². The van der Waals surface area contributed by atoms with Crippen molar-refractivity contribution in [3.8, 4) is 9.88 Å². The first-order chi connectivity index (χ1) is 13.7. The maximum atomic E-state index is 12.4. The first-order valence-electron chi connectivity index (χ1n) is 8.70. The van der Waals surface area contributed by atoms with E-state index in [1.54, 1.807) is 40.4 Å². The Morgan fingerprint density at radius 2 is 1.86 bits per heavy atom. The molecule has 4 rings (SSSR count). The lowest BCUT2D eigenvalue weighted by Crippen LogP contribution is -2.21. The molecule has 3 heterocycles. The molecule has 1 amide bonds. The number of benzene rings is 1. The molecule has 0 bridgehead atoms. The van der Waals surface area contributed by atoms with E-state index in [4.69, 9.17) is 0 Å². The Bertz CT molecular complexity index is 1130. The van der Waals surface area contributed by atoms with Gasteiger partial charge in [-0.1, -0.05) is 36.4 Å². The Balaban J connectivity index is 1.35. The minimum Gasteiger partial charge on any atom is -0.347 e. The monoisotopic (exact) mass is 407 g/mol. The quantitative estimate of drug-likeness (QED) is 0.525. The second-order valence-electron chi connectivity index (χ2n) is 6.17. The summed E-state index contributed by atoms with van der Waals surface area (Å²) in [5.41, 5.74) is 2.01. The van der Waals surface area contributed by atoms with Crippen molar-refractivity contribution in [2.75, 3.05) is 0 Å². The zero-order valence-corrected chi connectivity index (χ0v) is 16.5. The number of aromatic nitrogens is 2. The lowest BCUT2D eigenvalue weighted by atomic mass is 10.1. The van der Waals surface area contributed by atoms with Gasteiger partial charge in [0, 0.05) is 18.8 Å². The summed E-state index contributed by atoms with van der Waals surface area (Å²) in [6.45, 7) is 0.968. The number of rotatable bonds is 6. The van der Waals surface area contributed by atoms with Crippen LogP contribution in [0.3, 0.4) is 0 Å². The number of thiophene rings is 1. The van der Waals surface area contributed by atoms with Gasteiger partial charge in [-0.15, -0.1) is 22.7 Å². The molecular weight excluding hydrogens is 390 g/mol. The van der Waals surface area contributed by atoms with Gasteiger partial charge in [-0.25, -0.2) is 4.98 Å². The molecule has 1 aromatic carbocycles. The highest BCUT2D eigenvalue weighted by molar-refractivity contribution is 7.21. The maximum absolute atomic E-state index is 12.4. The topological polar surface area (TPSA) is 64.0 Å². The lowest BCUT2D eigenvalue weighted by Gasteiger charge is -2.07. The standard InChI is InChI=1S/C21H17N3O2S2/c25-19-5-1-2-10-24(19)14-16-8-6-15(7-9-16)12-22-20(26)18-13-23-21(28-18)17-4-3-11-27-17/h1-11,13H,12,14H2,(H,22,26). The molecule has 0 fully saturated rings. The summed E-state index contributed by atoms with van der Waals surface area (Å²) in [4.78, 5) is 30.2. The molecule has 5 nitrogen and oxygen atoms in total. The van der Waals surface area contributed by atoms with Crippen molar-refractivity contribution < 1.29 is 4.79 Å². The van der Waals surface area contributed by atoms with E-state index >= 15 is 0 Å². The molecule has 0 radical (unpaired) electrons. The minimum atomic E-state index is -0.125. The number of nitrogens with one attached hydrogen (secondary N) is 1. The molecule has 0 unspecified atom stereocenters. The summed E-state index contributed by atoms with van der Waals surface area (Å²) < 4.78 is 1.66. The van der Waals surface area contributed by atoms with E-state index in [1.807, 2.05) is 47.8 Å². The number of amides is 1. The number of thiazole rings is 1. The SMILES string of the molecule is O=C(NCc1ccc(Cn2ccccc2=O)cc1)c1cnc(-c2cccs2)s1. The molecule has 0 aliphatic rings. The molecule has 28 heavy (non-hydrogen) atoms. The van der Waals surface area contributed by atoms with E-state index in [0.717, 1.165) is 21.0 Å². The molecule has 3 aromatic heterocycles. The fourth-order valence-electron chi connectivity index (χ4n) is 2.71. The van der Waals surface area contributed by atoms with Crippen LogP contribution < -0.4 is 10.9 Å². The van der Waals surface area contributed by atoms with Gasteiger partial charge in [0.1, 0.15) is 9.88 Å². The summed E-state index contributed by atoms with van der Waals surface area (Å²) >= 11 is 3.00. The van der Waals surface area contributed by atoms with Crippen LogP contribution in [0.5, 0.6) is 0 Å². The molecule has 0 atom stereocenters. The van der Waals surface area contributed by atoms with Crippen LogP contribution in [0.25, 0.3) is 9.88 Å². The van der Waals surface area contributed by atoms with Crippen LogP contribution >= 0.6 is 22.7 Å². The first kappa shape index (κ1) is 18.3. The van der Waals surface area contributed by atoms with Crippen molar-refractivity contribution in [2.45, 2.75) is 13.1 Å². The third-order valence-electron chi connectivity index (χ3n) is 4.19. The van der Waals surface area contributed by atoms with E-state index in [0.29, 0.717) is 18.0 Å². The van der Waals surface area contributed by atoms with Crippen LogP contribution in [-0.2, 0) is 13.1 Å². The third-order valence-corrected chi connectivity index (χ3v) is 6.22. The van der Waals surface area contributed by atoms with Crippen molar-refractivity contribution in [1.82, 2.24) is 14.9 Å². The number of pyridine rings is 1. The highest BCUT2D eigenvalue weighted by atomic mass is 32.1. The normalized spacial score (nSPS) is 10.7. The Kier molecular flexibility index (Phi) is 5.45. The number of nitrogens with zero attached hydrogens (tertiary/aromatic N) is 2. The van der Waals surface area contributed by atoms with Crippen molar-refractivity contribution >= 4 is 28.6 Å². The molecule has 1 N–H and O–H groups in total. The molecule has 4 aromatic rings. The predicted octanol–water partition coefficient (Wildman–Crippen LogP) is 4.01. The van der Waals surface area contributed by atoms with Crippen molar-refractivity contribution in [3.05, 3.63) is 98.7 Å². The third kappa shape index (κ3) is 4.27. The Labute approximate surface area is 170 Å². The molecular formula is C21H17N3O2S2. The van der Waals surface area contributed by atoms with Crippen LogP contribution in [0.4, 0.5) is 0 Å². The fourth-order valence-corrected chi connectivity index (χ4v) is 4.35. The van der Waals surface area contributed by atoms with Gasteiger partial charge in [-0.3, -0.25) is 9.59 Å². The second kappa shape index (κ2) is 8.33. The largest absolute Gasteiger partial charge is 0.347 e. The number of carbonyl (C=O) groups excluding carboxylic acids is 1. The summed E-state index contributed by atoms with van der Waals surface area (Å²) in [6, 6.07) is 17.0. The average Bonchev–Trinajstić information content (AvgIpc) is 3.41. The maximum Gasteiger partial charge on any atom is 0.263 e. The van der Waals surface area contributed by atoms with Crippen molar-refractivity contribution in [1.29, 1.82) is 0 Å². The average molecular weight is 408 g/mol. The predicted molar refractivity (Wildman–Crippen MR) is 113 cm³/mol. The summed E-state index contributed by atoms with van der Waals surface area (Å²) in [5, 5.41) is 5.79. The van der Waals surface area contributed by atoms with Crippen LogP contribution in [0.2, 0.25) is 0 Å². The zero-order chi connectivity index (χ0) is 19.3. The van der Waals surface area contributed by atoms with E-state index in [2.05, 4.69) is 10.3 Å². The summed E-state index contributed by atoms with van der Waals surface area (Å²) in [7, 11) is 0. The smallest absolute Gasteiger partial charge is 0.263 e. The van der Waals surface area contributed by atoms with Gasteiger partial charge >= 0.3 is 0 Å². The van der Waals surface area contributed by atoms with Crippen LogP contribution in [-0.4, -0.2) is 15.5 Å². The van der Waals surface area contributed by atoms with Gasteiger partial charge in [-0.2, -0.15) is 0 Å². The van der Waals surface area contributed by atoms with Gasteiger partial charge in [0.15, 0.2) is 0 Å². The Hall–Kier alpha value is -3.03. The van der Waals surface area contributed by atoms with E-state index in [9.17, 15) is 9.59 Å². The molecule has 0 aliphatic carbocycles. The molecule has 7 heteroatoms. The van der Waals surface area contributed by atoms with Gasteiger partial charge in [0.25, 0.3) is 11.5 Å². The highest BCUT2D eigenvalue weighted by Crippen LogP contribution is 2.28. The highest BCUT2D eigenvalue weighted by Gasteiger charge is 2.12. The Morgan fingerprint density at radius 1 is 1.04 bits per heavy atom. The molecule has 0 saturated carbocycles. The van der Waals surface area contributed by atoms with Crippen LogP contribution in [0, 0.1) is 0 Å². The molecule has 0 spiro atoms. The number of carbonyl (C=O) groups is 1. The minimum absolute atomic E-state index is 0.0229. The lowest BCUT2D eigenvalue weighted by molar-refractivity contribution is 0.0955. The van der Waals surface area contributed by atoms with Crippen molar-refractivity contribution in [2.24, 2.45) is 0 Å². The number of hydrogen-bond acceptors (Lipinski definition) is 5. The van der Waals surface area contributed by atoms with E-state index in [1.165, 1.54) is 11.3 Å². The Morgan fingerprint density at radius 3 is 2.61 bits per heavy atom. The summed E-state index contributed by atoms with van der Waals surface area (Å²) in [6.07, 6.45) is 3.39. The first-order valence-corrected chi connectivity index (χ1v) is 10.4. The molecule has 0 aliphatic heterocycles. The van der Waals surface area contributed by atoms with Crippen molar-refractivity contribution in [3.63, 3.8) is 0 Å². The van der Waals surface area contributed by atoms with Crippen LogP contribution in [0.15, 0.2) is 77.2 Å². The fraction of sp³-hybridized carbons (Fsp3) is 0.0952. The van der Waals surface area contributed by atoms with Gasteiger partial charge in [0.2, 0.25) is 0 Å². The summed E-state index contributed by atoms with van der Waals surface area (Å²) in [5.74, 6) is -0.125. The van der Waals surface area contributed by atoms with Gasteiger partial charge in [-0.05, 0) is 28.6 Å². The zero-order valence-electron chi connectivity index (χ0n) is 14.9. The molecule has 0 saturated heterocycles. The van der Waals surface area contributed by atoms with E-state index in [-0.39, 0.29) is 11.5 Å². The van der Waals surface area contributed by atoms with Gasteiger partial charge in [0.05, 0.1) is 17.6 Å². The second-order valence-corrected chi connectivity index (χ2v) is 8.15.